The zero-order valence-corrected chi connectivity index (χ0v) is 18.3. The molecule has 0 aromatic heterocycles. The normalized spacial score (nSPS) is 19.5. The number of hydrogen-bond acceptors (Lipinski definition) is 3. The molecule has 29 heavy (non-hydrogen) atoms. The van der Waals surface area contributed by atoms with Crippen LogP contribution in [0.3, 0.4) is 0 Å². The fraction of sp³-hybridized carbons (Fsp3) is 0.667. The van der Waals surface area contributed by atoms with Crippen LogP contribution in [0.25, 0.3) is 0 Å². The Morgan fingerprint density at radius 3 is 2.21 bits per heavy atom. The standard InChI is InChI=1S/C24H37N3O2/c1-25(2)18-23(28)26(3)22(17-19-9-5-4-6-10-19)20-13-15-27(16-14-20)24(29)21-11-7-8-12-21/h4-6,9-10,20-22H,7-8,11-18H2,1-3H3/t22-/m1/s1. The van der Waals surface area contributed by atoms with Crippen molar-refractivity contribution in [2.45, 2.75) is 51.0 Å². The summed E-state index contributed by atoms with van der Waals surface area (Å²) in [5.41, 5.74) is 1.27. The van der Waals surface area contributed by atoms with E-state index in [1.54, 1.807) is 0 Å². The lowest BCUT2D eigenvalue weighted by Crippen LogP contribution is -2.50. The van der Waals surface area contributed by atoms with Crippen LogP contribution in [0.2, 0.25) is 0 Å². The number of likely N-dealkylation sites (N-methyl/N-ethyl adjacent to an activating group) is 2. The molecule has 1 atom stereocenters. The van der Waals surface area contributed by atoms with Crippen LogP contribution < -0.4 is 0 Å². The van der Waals surface area contributed by atoms with Gasteiger partial charge in [-0.15, -0.1) is 0 Å². The van der Waals surface area contributed by atoms with Crippen LogP contribution in [0.1, 0.15) is 44.1 Å². The van der Waals surface area contributed by atoms with Crippen molar-refractivity contribution >= 4 is 11.8 Å². The summed E-state index contributed by atoms with van der Waals surface area (Å²) in [6.45, 7) is 2.10. The number of carbonyl (C=O) groups is 2. The Morgan fingerprint density at radius 1 is 1.00 bits per heavy atom. The Morgan fingerprint density at radius 2 is 1.62 bits per heavy atom. The van der Waals surface area contributed by atoms with E-state index in [-0.39, 0.29) is 17.9 Å². The van der Waals surface area contributed by atoms with Gasteiger partial charge < -0.3 is 14.7 Å². The Hall–Kier alpha value is -1.88. The summed E-state index contributed by atoms with van der Waals surface area (Å²) in [4.78, 5) is 31.6. The minimum Gasteiger partial charge on any atom is -0.342 e. The van der Waals surface area contributed by atoms with E-state index < -0.39 is 0 Å². The summed E-state index contributed by atoms with van der Waals surface area (Å²) in [5, 5.41) is 0. The van der Waals surface area contributed by atoms with Crippen molar-refractivity contribution in [1.29, 1.82) is 0 Å². The molecule has 1 aromatic carbocycles. The number of likely N-dealkylation sites (tertiary alicyclic amines) is 1. The van der Waals surface area contributed by atoms with Crippen molar-refractivity contribution in [3.8, 4) is 0 Å². The van der Waals surface area contributed by atoms with Crippen molar-refractivity contribution in [2.24, 2.45) is 11.8 Å². The third kappa shape index (κ3) is 5.81. The zero-order valence-electron chi connectivity index (χ0n) is 18.3. The highest BCUT2D eigenvalue weighted by Crippen LogP contribution is 2.31. The predicted octanol–water partition coefficient (Wildman–Crippen LogP) is 3.05. The number of piperidine rings is 1. The van der Waals surface area contributed by atoms with Crippen LogP contribution in [-0.4, -0.2) is 73.3 Å². The molecule has 2 fully saturated rings. The molecule has 0 bridgehead atoms. The van der Waals surface area contributed by atoms with Crippen LogP contribution in [0.4, 0.5) is 0 Å². The van der Waals surface area contributed by atoms with E-state index in [9.17, 15) is 9.59 Å². The van der Waals surface area contributed by atoms with Gasteiger partial charge in [-0.3, -0.25) is 9.59 Å². The lowest BCUT2D eigenvalue weighted by Gasteiger charge is -2.41. The van der Waals surface area contributed by atoms with Crippen molar-refractivity contribution in [1.82, 2.24) is 14.7 Å². The largest absolute Gasteiger partial charge is 0.342 e. The average Bonchev–Trinajstić information content (AvgIpc) is 3.26. The molecule has 1 saturated heterocycles. The van der Waals surface area contributed by atoms with Crippen LogP contribution in [0.15, 0.2) is 30.3 Å². The molecule has 5 heteroatoms. The van der Waals surface area contributed by atoms with Gasteiger partial charge in [-0.1, -0.05) is 43.2 Å². The maximum atomic E-state index is 12.8. The first-order chi connectivity index (χ1) is 14.0. The van der Waals surface area contributed by atoms with Gasteiger partial charge in [0.05, 0.1) is 6.54 Å². The molecular formula is C24H37N3O2. The molecule has 2 aliphatic rings. The average molecular weight is 400 g/mol. The minimum atomic E-state index is 0.167. The number of amides is 2. The van der Waals surface area contributed by atoms with Crippen molar-refractivity contribution < 1.29 is 9.59 Å². The Balaban J connectivity index is 1.65. The summed E-state index contributed by atoms with van der Waals surface area (Å²) < 4.78 is 0. The van der Waals surface area contributed by atoms with Crippen LogP contribution in [-0.2, 0) is 16.0 Å². The molecule has 3 rings (SSSR count). The second kappa shape index (κ2) is 10.2. The minimum absolute atomic E-state index is 0.167. The quantitative estimate of drug-likeness (QED) is 0.708. The first kappa shape index (κ1) is 21.8. The smallest absolute Gasteiger partial charge is 0.236 e. The lowest BCUT2D eigenvalue weighted by atomic mass is 9.84. The van der Waals surface area contributed by atoms with E-state index >= 15 is 0 Å². The first-order valence-corrected chi connectivity index (χ1v) is 11.2. The van der Waals surface area contributed by atoms with E-state index in [0.29, 0.717) is 18.4 Å². The highest BCUT2D eigenvalue weighted by atomic mass is 16.2. The van der Waals surface area contributed by atoms with Gasteiger partial charge in [0, 0.05) is 32.1 Å². The van der Waals surface area contributed by atoms with Crippen molar-refractivity contribution in [2.75, 3.05) is 40.8 Å². The Kier molecular flexibility index (Phi) is 7.70. The van der Waals surface area contributed by atoms with Gasteiger partial charge in [0.2, 0.25) is 11.8 Å². The lowest BCUT2D eigenvalue weighted by molar-refractivity contribution is -0.139. The van der Waals surface area contributed by atoms with Gasteiger partial charge >= 0.3 is 0 Å². The molecule has 1 saturated carbocycles. The predicted molar refractivity (Wildman–Crippen MR) is 117 cm³/mol. The van der Waals surface area contributed by atoms with Gasteiger partial charge in [0.25, 0.3) is 0 Å². The molecule has 1 aliphatic carbocycles. The topological polar surface area (TPSA) is 43.9 Å². The SMILES string of the molecule is CN(C)CC(=O)N(C)[C@H](Cc1ccccc1)C1CCN(C(=O)C2CCCC2)CC1. The summed E-state index contributed by atoms with van der Waals surface area (Å²) in [6, 6.07) is 10.6. The molecule has 1 aliphatic heterocycles. The van der Waals surface area contributed by atoms with Gasteiger partial charge in [-0.05, 0) is 57.7 Å². The second-order valence-corrected chi connectivity index (χ2v) is 9.14. The third-order valence-corrected chi connectivity index (χ3v) is 6.73. The van der Waals surface area contributed by atoms with Crippen LogP contribution >= 0.6 is 0 Å². The van der Waals surface area contributed by atoms with E-state index in [4.69, 9.17) is 0 Å². The number of carbonyl (C=O) groups excluding carboxylic acids is 2. The summed E-state index contributed by atoms with van der Waals surface area (Å²) >= 11 is 0. The molecule has 5 nitrogen and oxygen atoms in total. The molecule has 1 aromatic rings. The van der Waals surface area contributed by atoms with E-state index in [1.807, 2.05) is 37.0 Å². The molecule has 1 heterocycles. The van der Waals surface area contributed by atoms with Crippen LogP contribution in [0.5, 0.6) is 0 Å². The highest BCUT2D eigenvalue weighted by Gasteiger charge is 2.34. The monoisotopic (exact) mass is 399 g/mol. The molecule has 0 unspecified atom stereocenters. The van der Waals surface area contributed by atoms with Gasteiger partial charge in [-0.25, -0.2) is 0 Å². The maximum absolute atomic E-state index is 12.8. The van der Waals surface area contributed by atoms with Gasteiger partial charge in [0.15, 0.2) is 0 Å². The molecule has 0 N–H and O–H groups in total. The maximum Gasteiger partial charge on any atom is 0.236 e. The van der Waals surface area contributed by atoms with E-state index in [2.05, 4.69) is 29.2 Å². The number of rotatable bonds is 7. The molecule has 160 valence electrons. The van der Waals surface area contributed by atoms with Crippen molar-refractivity contribution in [3.05, 3.63) is 35.9 Å². The number of hydrogen-bond donors (Lipinski definition) is 0. The Bertz CT molecular complexity index is 662. The Labute approximate surface area is 176 Å². The van der Waals surface area contributed by atoms with E-state index in [1.165, 1.54) is 18.4 Å². The fourth-order valence-corrected chi connectivity index (χ4v) is 4.98. The third-order valence-electron chi connectivity index (χ3n) is 6.73. The molecule has 0 spiro atoms. The van der Waals surface area contributed by atoms with Crippen molar-refractivity contribution in [3.63, 3.8) is 0 Å². The summed E-state index contributed by atoms with van der Waals surface area (Å²) in [7, 11) is 5.83. The number of benzene rings is 1. The fourth-order valence-electron chi connectivity index (χ4n) is 4.98. The summed E-state index contributed by atoms with van der Waals surface area (Å²) in [5.74, 6) is 1.23. The highest BCUT2D eigenvalue weighted by molar-refractivity contribution is 5.79. The van der Waals surface area contributed by atoms with Crippen LogP contribution in [0, 0.1) is 11.8 Å². The van der Waals surface area contributed by atoms with Gasteiger partial charge in [-0.2, -0.15) is 0 Å². The zero-order chi connectivity index (χ0) is 20.8. The van der Waals surface area contributed by atoms with E-state index in [0.717, 1.165) is 45.2 Å². The molecule has 2 amide bonds. The van der Waals surface area contributed by atoms with Gasteiger partial charge in [0.1, 0.15) is 0 Å². The molecule has 0 radical (unpaired) electrons. The second-order valence-electron chi connectivity index (χ2n) is 9.14. The molecular weight excluding hydrogens is 362 g/mol. The summed E-state index contributed by atoms with van der Waals surface area (Å²) in [6.07, 6.45) is 7.37. The first-order valence-electron chi connectivity index (χ1n) is 11.2. The number of nitrogens with zero attached hydrogens (tertiary/aromatic N) is 3.